The molecule has 1 nitrogen and oxygen atoms in total. The summed E-state index contributed by atoms with van der Waals surface area (Å²) >= 11 is 0. The molecule has 0 aliphatic heterocycles. The number of nitrogens with zero attached hydrogens (tertiary/aromatic N) is 1. The van der Waals surface area contributed by atoms with Crippen LogP contribution in [0.3, 0.4) is 0 Å². The summed E-state index contributed by atoms with van der Waals surface area (Å²) in [5.41, 5.74) is 4.83. The molecule has 3 rings (SSSR count). The molecule has 1 heterocycles. The van der Waals surface area contributed by atoms with Crippen molar-refractivity contribution in [3.8, 4) is 22.4 Å². The Balaban J connectivity index is 2.23. The lowest BCUT2D eigenvalue weighted by Crippen LogP contribution is -1.89. The molecule has 0 amide bonds. The molecule has 0 aliphatic carbocycles. The first-order chi connectivity index (χ1) is 9.40. The normalized spacial score (nSPS) is 10.3. The van der Waals surface area contributed by atoms with Crippen LogP contribution in [0.15, 0.2) is 79.5 Å². The van der Waals surface area contributed by atoms with Crippen LogP contribution in [0.4, 0.5) is 0 Å². The fourth-order valence-corrected chi connectivity index (χ4v) is 2.35. The van der Waals surface area contributed by atoms with Crippen molar-refractivity contribution >= 4 is 6.20 Å². The van der Waals surface area contributed by atoms with Gasteiger partial charge in [0.2, 0.25) is 0 Å². The van der Waals surface area contributed by atoms with Crippen molar-refractivity contribution in [3.05, 3.63) is 79.5 Å². The number of hydrogen-bond acceptors (Lipinski definition) is 0. The highest BCUT2D eigenvalue weighted by Gasteiger charge is 2.11. The second-order valence-electron chi connectivity index (χ2n) is 4.40. The van der Waals surface area contributed by atoms with E-state index in [1.807, 2.05) is 18.3 Å². The summed E-state index contributed by atoms with van der Waals surface area (Å²) < 4.78 is 2.07. The molecule has 0 saturated heterocycles. The van der Waals surface area contributed by atoms with Crippen LogP contribution in [-0.2, 0) is 0 Å². The lowest BCUT2D eigenvalue weighted by Gasteiger charge is -2.08. The average molecular weight is 245 g/mol. The first-order valence-corrected chi connectivity index (χ1v) is 6.34. The van der Waals surface area contributed by atoms with E-state index in [0.29, 0.717) is 0 Å². The van der Waals surface area contributed by atoms with Crippen molar-refractivity contribution < 1.29 is 0 Å². The Morgan fingerprint density at radius 1 is 0.737 bits per heavy atom. The Hall–Kier alpha value is -2.54. The van der Waals surface area contributed by atoms with E-state index in [-0.39, 0.29) is 0 Å². The lowest BCUT2D eigenvalue weighted by molar-refractivity contribution is 1.18. The first-order valence-electron chi connectivity index (χ1n) is 6.34. The third-order valence-electron chi connectivity index (χ3n) is 3.24. The Bertz CT molecular complexity index is 678. The third-order valence-corrected chi connectivity index (χ3v) is 3.24. The zero-order valence-corrected chi connectivity index (χ0v) is 10.7. The summed E-state index contributed by atoms with van der Waals surface area (Å²) in [4.78, 5) is 0. The van der Waals surface area contributed by atoms with E-state index >= 15 is 0 Å². The molecule has 0 radical (unpaired) electrons. The molecule has 2 aromatic carbocycles. The Labute approximate surface area is 113 Å². The van der Waals surface area contributed by atoms with Gasteiger partial charge in [-0.05, 0) is 17.2 Å². The highest BCUT2D eigenvalue weighted by atomic mass is 14.9. The van der Waals surface area contributed by atoms with Crippen molar-refractivity contribution in [2.45, 2.75) is 0 Å². The molecule has 0 fully saturated rings. The van der Waals surface area contributed by atoms with Crippen LogP contribution < -0.4 is 0 Å². The first kappa shape index (κ1) is 11.5. The monoisotopic (exact) mass is 245 g/mol. The maximum absolute atomic E-state index is 3.89. The van der Waals surface area contributed by atoms with Crippen LogP contribution in [0.5, 0.6) is 0 Å². The van der Waals surface area contributed by atoms with E-state index in [1.165, 1.54) is 22.4 Å². The van der Waals surface area contributed by atoms with Crippen LogP contribution >= 0.6 is 0 Å². The van der Waals surface area contributed by atoms with Crippen molar-refractivity contribution in [3.63, 3.8) is 0 Å². The van der Waals surface area contributed by atoms with E-state index in [9.17, 15) is 0 Å². The molecular formula is C18H15N. The molecule has 0 spiro atoms. The van der Waals surface area contributed by atoms with E-state index < -0.39 is 0 Å². The highest BCUT2D eigenvalue weighted by Crippen LogP contribution is 2.33. The summed E-state index contributed by atoms with van der Waals surface area (Å²) in [6.45, 7) is 3.89. The van der Waals surface area contributed by atoms with Gasteiger partial charge in [-0.2, -0.15) is 0 Å². The third kappa shape index (κ3) is 2.11. The Kier molecular flexibility index (Phi) is 3.03. The van der Waals surface area contributed by atoms with Gasteiger partial charge >= 0.3 is 0 Å². The molecule has 0 saturated carbocycles. The maximum Gasteiger partial charge on any atom is 0.0600 e. The number of benzene rings is 2. The highest BCUT2D eigenvalue weighted by molar-refractivity contribution is 5.82. The summed E-state index contributed by atoms with van der Waals surface area (Å²) in [7, 11) is 0. The average Bonchev–Trinajstić information content (AvgIpc) is 2.93. The van der Waals surface area contributed by atoms with Crippen LogP contribution in [-0.4, -0.2) is 4.57 Å². The predicted octanol–water partition coefficient (Wildman–Crippen LogP) is 4.92. The van der Waals surface area contributed by atoms with Gasteiger partial charge in [-0.25, -0.2) is 0 Å². The minimum Gasteiger partial charge on any atom is -0.323 e. The van der Waals surface area contributed by atoms with Gasteiger partial charge in [-0.15, -0.1) is 0 Å². The van der Waals surface area contributed by atoms with Gasteiger partial charge in [0.1, 0.15) is 0 Å². The second-order valence-corrected chi connectivity index (χ2v) is 4.40. The molecule has 0 unspecified atom stereocenters. The fourth-order valence-electron chi connectivity index (χ4n) is 2.35. The van der Waals surface area contributed by atoms with Crippen LogP contribution in [0.2, 0.25) is 0 Å². The van der Waals surface area contributed by atoms with Crippen molar-refractivity contribution in [1.29, 1.82) is 0 Å². The van der Waals surface area contributed by atoms with Gasteiger partial charge in [0.15, 0.2) is 0 Å². The molecule has 0 N–H and O–H groups in total. The summed E-state index contributed by atoms with van der Waals surface area (Å²) in [5, 5.41) is 0. The molecule has 19 heavy (non-hydrogen) atoms. The molecule has 0 atom stereocenters. The number of aromatic nitrogens is 1. The van der Waals surface area contributed by atoms with Gasteiger partial charge in [0.05, 0.1) is 5.69 Å². The van der Waals surface area contributed by atoms with Gasteiger partial charge in [-0.1, -0.05) is 67.2 Å². The van der Waals surface area contributed by atoms with Crippen molar-refractivity contribution in [2.24, 2.45) is 0 Å². The van der Waals surface area contributed by atoms with E-state index in [4.69, 9.17) is 0 Å². The second kappa shape index (κ2) is 4.99. The smallest absolute Gasteiger partial charge is 0.0600 e. The molecule has 3 aromatic rings. The van der Waals surface area contributed by atoms with Gasteiger partial charge in [-0.3, -0.25) is 0 Å². The SMILES string of the molecule is C=Cn1ccc(-c2ccccc2)c1-c1ccccc1. The molecular weight excluding hydrogens is 230 g/mol. The van der Waals surface area contributed by atoms with E-state index in [0.717, 1.165) is 0 Å². The molecule has 0 bridgehead atoms. The lowest BCUT2D eigenvalue weighted by atomic mass is 10.0. The van der Waals surface area contributed by atoms with Gasteiger partial charge in [0, 0.05) is 18.0 Å². The molecule has 1 heteroatoms. The van der Waals surface area contributed by atoms with Crippen LogP contribution in [0.1, 0.15) is 0 Å². The largest absolute Gasteiger partial charge is 0.323 e. The minimum atomic E-state index is 1.18. The zero-order chi connectivity index (χ0) is 13.1. The maximum atomic E-state index is 3.89. The summed E-state index contributed by atoms with van der Waals surface area (Å²) in [6, 6.07) is 23.0. The molecule has 92 valence electrons. The number of hydrogen-bond donors (Lipinski definition) is 0. The molecule has 1 aromatic heterocycles. The van der Waals surface area contributed by atoms with E-state index in [2.05, 4.69) is 71.9 Å². The molecule has 0 aliphatic rings. The van der Waals surface area contributed by atoms with Gasteiger partial charge < -0.3 is 4.57 Å². The summed E-state index contributed by atoms with van der Waals surface area (Å²) in [6.07, 6.45) is 3.90. The summed E-state index contributed by atoms with van der Waals surface area (Å²) in [5.74, 6) is 0. The Morgan fingerprint density at radius 3 is 1.89 bits per heavy atom. The van der Waals surface area contributed by atoms with E-state index in [1.54, 1.807) is 0 Å². The van der Waals surface area contributed by atoms with Crippen LogP contribution in [0.25, 0.3) is 28.6 Å². The van der Waals surface area contributed by atoms with Crippen LogP contribution in [0, 0.1) is 0 Å². The fraction of sp³-hybridized carbons (Fsp3) is 0. The Morgan fingerprint density at radius 2 is 1.32 bits per heavy atom. The predicted molar refractivity (Wildman–Crippen MR) is 81.7 cm³/mol. The standard InChI is InChI=1S/C18H15N/c1-2-19-14-13-17(15-9-5-3-6-10-15)18(19)16-11-7-4-8-12-16/h2-14H,1H2. The van der Waals surface area contributed by atoms with Crippen molar-refractivity contribution in [1.82, 2.24) is 4.57 Å². The quantitative estimate of drug-likeness (QED) is 0.617. The topological polar surface area (TPSA) is 4.93 Å². The van der Waals surface area contributed by atoms with Crippen molar-refractivity contribution in [2.75, 3.05) is 0 Å². The number of rotatable bonds is 3. The minimum absolute atomic E-state index is 1.18. The zero-order valence-electron chi connectivity index (χ0n) is 10.7. The van der Waals surface area contributed by atoms with Gasteiger partial charge in [0.25, 0.3) is 0 Å².